The van der Waals surface area contributed by atoms with E-state index < -0.39 is 36.3 Å². The summed E-state index contributed by atoms with van der Waals surface area (Å²) in [6.45, 7) is 0. The molecule has 210 valence electrons. The Morgan fingerprint density at radius 3 is 1.47 bits per heavy atom. The minimum absolute atomic E-state index is 0.0573. The van der Waals surface area contributed by atoms with Crippen LogP contribution in [0.4, 0.5) is 0 Å². The highest BCUT2D eigenvalue weighted by Crippen LogP contribution is 2.50. The minimum atomic E-state index is -0.484. The van der Waals surface area contributed by atoms with E-state index >= 15 is 0 Å². The van der Waals surface area contributed by atoms with Gasteiger partial charge in [-0.2, -0.15) is 0 Å². The minimum Gasteiger partial charge on any atom is -0.456 e. The number of hydrogen-bond acceptors (Lipinski definition) is 1. The molecule has 1 heterocycles. The van der Waals surface area contributed by atoms with Crippen molar-refractivity contribution >= 4 is 43.5 Å². The third-order valence-corrected chi connectivity index (χ3v) is 8.46. The molecule has 1 heteroatoms. The summed E-state index contributed by atoms with van der Waals surface area (Å²) in [7, 11) is 0. The maximum Gasteiger partial charge on any atom is 0.136 e. The zero-order chi connectivity index (χ0) is 38.4. The number of para-hydroxylation sites is 1. The molecule has 0 atom stereocenters. The summed E-state index contributed by atoms with van der Waals surface area (Å²) in [6.07, 6.45) is 0. The topological polar surface area (TPSA) is 13.1 Å². The molecule has 9 rings (SSSR count). The predicted octanol–water partition coefficient (Wildman–Crippen LogP) is 12.6. The molecule has 0 N–H and O–H groups in total. The fourth-order valence-electron chi connectivity index (χ4n) is 6.67. The van der Waals surface area contributed by atoms with E-state index in [0.29, 0.717) is 38.8 Å². The molecule has 1 nitrogen and oxygen atoms in total. The molecule has 0 aliphatic rings. The molecule has 0 bridgehead atoms. The van der Waals surface area contributed by atoms with Crippen LogP contribution in [0.1, 0.15) is 13.7 Å². The average molecular weight is 583 g/mol. The first-order valence-electron chi connectivity index (χ1n) is 19.6. The van der Waals surface area contributed by atoms with Crippen LogP contribution in [0.3, 0.4) is 0 Å². The van der Waals surface area contributed by atoms with Crippen LogP contribution >= 0.6 is 0 Å². The van der Waals surface area contributed by atoms with E-state index in [1.54, 1.807) is 12.1 Å². The molecule has 9 aromatic rings. The molecular weight excluding hydrogens is 544 g/mol. The highest BCUT2D eigenvalue weighted by molar-refractivity contribution is 6.25. The number of fused-ring (bicyclic) bond motifs is 5. The Morgan fingerprint density at radius 1 is 0.356 bits per heavy atom. The van der Waals surface area contributed by atoms with Crippen molar-refractivity contribution in [1.29, 1.82) is 0 Å². The summed E-state index contributed by atoms with van der Waals surface area (Å²) in [6, 6.07) is 30.2. The molecule has 8 aromatic carbocycles. The van der Waals surface area contributed by atoms with Crippen molar-refractivity contribution in [2.75, 3.05) is 0 Å². The van der Waals surface area contributed by atoms with Crippen molar-refractivity contribution in [2.24, 2.45) is 0 Å². The molecule has 0 aliphatic heterocycles. The van der Waals surface area contributed by atoms with Crippen LogP contribution in [0.5, 0.6) is 0 Å². The predicted molar refractivity (Wildman–Crippen MR) is 190 cm³/mol. The van der Waals surface area contributed by atoms with E-state index in [9.17, 15) is 0 Å². The van der Waals surface area contributed by atoms with Crippen molar-refractivity contribution in [3.05, 3.63) is 170 Å². The zero-order valence-corrected chi connectivity index (χ0v) is 23.8. The van der Waals surface area contributed by atoms with Crippen LogP contribution in [0, 0.1) is 0 Å². The van der Waals surface area contributed by atoms with Gasteiger partial charge >= 0.3 is 0 Å². The quantitative estimate of drug-likeness (QED) is 0.188. The highest BCUT2D eigenvalue weighted by atomic mass is 16.3. The molecule has 0 saturated heterocycles. The molecule has 0 aliphatic carbocycles. The van der Waals surface area contributed by atoms with Gasteiger partial charge in [-0.05, 0) is 78.7 Å². The standard InChI is InChI=1S/C44H28O/c1-3-15-29(16-4-1)31-19-7-8-20-32(31)42-33-21-9-11-23-35(33)43(36-24-12-10-22-34(36)42)38-27-28-40-44(37-25-13-14-26-39(37)45-40)41(38)30-17-5-2-6-18-30/h1-28H/i1D,2D,3D,4D,5D,6D,15D,16D,17D,18D. The molecular formula is C44H28O. The normalized spacial score (nSPS) is 14.7. The zero-order valence-electron chi connectivity index (χ0n) is 33.8. The van der Waals surface area contributed by atoms with Crippen LogP contribution in [0.2, 0.25) is 0 Å². The van der Waals surface area contributed by atoms with Crippen LogP contribution in [0.25, 0.3) is 88.0 Å². The number of benzene rings is 8. The van der Waals surface area contributed by atoms with E-state index in [-0.39, 0.29) is 35.3 Å². The Bertz CT molecular complexity index is 3000. The molecule has 45 heavy (non-hydrogen) atoms. The van der Waals surface area contributed by atoms with Crippen molar-refractivity contribution in [1.82, 2.24) is 0 Å². The van der Waals surface area contributed by atoms with E-state index in [2.05, 4.69) is 0 Å². The van der Waals surface area contributed by atoms with E-state index in [0.717, 1.165) is 38.1 Å². The van der Waals surface area contributed by atoms with E-state index in [1.165, 1.54) is 0 Å². The fourth-order valence-corrected chi connectivity index (χ4v) is 6.67. The largest absolute Gasteiger partial charge is 0.456 e. The SMILES string of the molecule is [2H]c1c([2H])c([2H])c(-c2ccccc2-c2c3ccccc3c(-c3ccc4oc5ccccc5c4c3-c3c([2H])c([2H])c([2H])c([2H])c3[2H])c3ccccc23)c([2H])c1[2H]. The van der Waals surface area contributed by atoms with Gasteiger partial charge < -0.3 is 4.42 Å². The van der Waals surface area contributed by atoms with Crippen LogP contribution in [-0.4, -0.2) is 0 Å². The first-order chi connectivity index (χ1) is 26.5. The lowest BCUT2D eigenvalue weighted by Crippen LogP contribution is -1.94. The van der Waals surface area contributed by atoms with Gasteiger partial charge in [-0.25, -0.2) is 0 Å². The van der Waals surface area contributed by atoms with Crippen LogP contribution in [0.15, 0.2) is 174 Å². The summed E-state index contributed by atoms with van der Waals surface area (Å²) < 4.78 is 93.0. The van der Waals surface area contributed by atoms with Gasteiger partial charge in [0.1, 0.15) is 11.2 Å². The maximum atomic E-state index is 9.15. The van der Waals surface area contributed by atoms with Crippen LogP contribution in [-0.2, 0) is 0 Å². The van der Waals surface area contributed by atoms with Gasteiger partial charge in [0.15, 0.2) is 0 Å². The monoisotopic (exact) mass is 582 g/mol. The first kappa shape index (κ1) is 17.4. The highest BCUT2D eigenvalue weighted by Gasteiger charge is 2.23. The molecule has 1 aromatic heterocycles. The molecule has 0 fully saturated rings. The van der Waals surface area contributed by atoms with Gasteiger partial charge in [-0.3, -0.25) is 0 Å². The van der Waals surface area contributed by atoms with Gasteiger partial charge in [-0.1, -0.05) is 151 Å². The van der Waals surface area contributed by atoms with E-state index in [1.807, 2.05) is 97.1 Å². The van der Waals surface area contributed by atoms with Crippen molar-refractivity contribution in [3.63, 3.8) is 0 Å². The maximum absolute atomic E-state index is 9.15. The summed E-state index contributed by atoms with van der Waals surface area (Å²) in [5, 5.41) is 4.57. The van der Waals surface area contributed by atoms with E-state index in [4.69, 9.17) is 18.1 Å². The number of rotatable bonds is 4. The Kier molecular flexibility index (Phi) is 4.01. The van der Waals surface area contributed by atoms with Crippen molar-refractivity contribution in [3.8, 4) is 44.5 Å². The molecule has 0 radical (unpaired) electrons. The second-order valence-corrected chi connectivity index (χ2v) is 10.8. The summed E-state index contributed by atoms with van der Waals surface area (Å²) in [4.78, 5) is 0. The molecule has 0 saturated carbocycles. The summed E-state index contributed by atoms with van der Waals surface area (Å²) in [5.41, 5.74) is 5.04. The van der Waals surface area contributed by atoms with Gasteiger partial charge in [0.25, 0.3) is 0 Å². The Balaban J connectivity index is 1.47. The first-order valence-corrected chi connectivity index (χ1v) is 14.6. The van der Waals surface area contributed by atoms with Crippen LogP contribution < -0.4 is 0 Å². The smallest absolute Gasteiger partial charge is 0.136 e. The Hall–Kier alpha value is -5.92. The molecule has 0 amide bonds. The summed E-state index contributed by atoms with van der Waals surface area (Å²) in [5.74, 6) is 0. The second kappa shape index (κ2) is 10.4. The van der Waals surface area contributed by atoms with Crippen molar-refractivity contribution < 1.29 is 18.1 Å². The lowest BCUT2D eigenvalue weighted by molar-refractivity contribution is 0.669. The Morgan fingerprint density at radius 2 is 0.844 bits per heavy atom. The average Bonchev–Trinajstić information content (AvgIpc) is 3.59. The van der Waals surface area contributed by atoms with Crippen molar-refractivity contribution in [2.45, 2.75) is 0 Å². The van der Waals surface area contributed by atoms with Gasteiger partial charge in [0.05, 0.1) is 13.7 Å². The lowest BCUT2D eigenvalue weighted by Gasteiger charge is -2.21. The fraction of sp³-hybridized carbons (Fsp3) is 0. The molecule has 0 spiro atoms. The Labute approximate surface area is 275 Å². The summed E-state index contributed by atoms with van der Waals surface area (Å²) >= 11 is 0. The van der Waals surface area contributed by atoms with Gasteiger partial charge in [0, 0.05) is 16.3 Å². The second-order valence-electron chi connectivity index (χ2n) is 10.8. The number of hydrogen-bond donors (Lipinski definition) is 0. The molecule has 0 unspecified atom stereocenters. The third kappa shape index (κ3) is 4.02. The van der Waals surface area contributed by atoms with Gasteiger partial charge in [-0.15, -0.1) is 0 Å². The number of furan rings is 1. The van der Waals surface area contributed by atoms with Gasteiger partial charge in [0.2, 0.25) is 0 Å². The lowest BCUT2D eigenvalue weighted by atomic mass is 9.81. The third-order valence-electron chi connectivity index (χ3n) is 8.46.